The molecular weight excluding hydrogens is 192 g/mol. The van der Waals surface area contributed by atoms with E-state index >= 15 is 0 Å². The normalized spacial score (nSPS) is 12.4. The Balaban J connectivity index is 3.52. The highest BCUT2D eigenvalue weighted by molar-refractivity contribution is 4.70. The fourth-order valence-electron chi connectivity index (χ4n) is 1.38. The molecule has 0 atom stereocenters. The standard InChI is InChI=1S/C11H26N2O2/c1-11(2,3)12-5-4-6-13(7-9-14)8-10-15/h12,14-15H,4-10H2,1-3H3. The Hall–Kier alpha value is -0.160. The Morgan fingerprint density at radius 1 is 1.00 bits per heavy atom. The van der Waals surface area contributed by atoms with Crippen LogP contribution in [0.25, 0.3) is 0 Å². The summed E-state index contributed by atoms with van der Waals surface area (Å²) in [4.78, 5) is 2.07. The first-order valence-electron chi connectivity index (χ1n) is 5.68. The van der Waals surface area contributed by atoms with Crippen molar-refractivity contribution in [2.24, 2.45) is 0 Å². The van der Waals surface area contributed by atoms with E-state index in [9.17, 15) is 0 Å². The Labute approximate surface area is 93.3 Å². The smallest absolute Gasteiger partial charge is 0.0558 e. The van der Waals surface area contributed by atoms with E-state index in [2.05, 4.69) is 31.0 Å². The zero-order chi connectivity index (χ0) is 11.7. The summed E-state index contributed by atoms with van der Waals surface area (Å²) in [6, 6.07) is 0. The van der Waals surface area contributed by atoms with Crippen LogP contribution >= 0.6 is 0 Å². The lowest BCUT2D eigenvalue weighted by molar-refractivity contribution is 0.159. The summed E-state index contributed by atoms with van der Waals surface area (Å²) in [5.74, 6) is 0. The molecule has 4 heteroatoms. The van der Waals surface area contributed by atoms with Gasteiger partial charge in [-0.2, -0.15) is 0 Å². The molecule has 0 aromatic rings. The lowest BCUT2D eigenvalue weighted by Gasteiger charge is -2.23. The first-order chi connectivity index (χ1) is 6.99. The second-order valence-corrected chi connectivity index (χ2v) is 4.82. The van der Waals surface area contributed by atoms with Crippen LogP contribution in [0.1, 0.15) is 27.2 Å². The predicted octanol–water partition coefficient (Wildman–Crippen LogP) is 0.0512. The van der Waals surface area contributed by atoms with Gasteiger partial charge in [0.25, 0.3) is 0 Å². The van der Waals surface area contributed by atoms with Gasteiger partial charge in [0, 0.05) is 18.6 Å². The van der Waals surface area contributed by atoms with E-state index in [-0.39, 0.29) is 18.8 Å². The van der Waals surface area contributed by atoms with Crippen LogP contribution in [0.5, 0.6) is 0 Å². The highest BCUT2D eigenvalue weighted by Crippen LogP contribution is 1.98. The molecule has 0 unspecified atom stereocenters. The van der Waals surface area contributed by atoms with E-state index in [0.717, 1.165) is 19.5 Å². The van der Waals surface area contributed by atoms with Gasteiger partial charge in [-0.25, -0.2) is 0 Å². The third kappa shape index (κ3) is 10.1. The van der Waals surface area contributed by atoms with E-state index in [1.165, 1.54) is 0 Å². The maximum Gasteiger partial charge on any atom is 0.0558 e. The Morgan fingerprint density at radius 2 is 1.53 bits per heavy atom. The van der Waals surface area contributed by atoms with Crippen molar-refractivity contribution >= 4 is 0 Å². The molecule has 0 rings (SSSR count). The molecule has 4 nitrogen and oxygen atoms in total. The zero-order valence-electron chi connectivity index (χ0n) is 10.3. The summed E-state index contributed by atoms with van der Waals surface area (Å²) < 4.78 is 0. The molecule has 0 radical (unpaired) electrons. The van der Waals surface area contributed by atoms with Crippen molar-refractivity contribution in [1.29, 1.82) is 0 Å². The van der Waals surface area contributed by atoms with Crippen LogP contribution in [-0.2, 0) is 0 Å². The van der Waals surface area contributed by atoms with Crippen LogP contribution in [0, 0.1) is 0 Å². The Kier molecular flexibility index (Phi) is 7.96. The molecule has 3 N–H and O–H groups in total. The molecule has 0 aliphatic rings. The molecule has 0 aliphatic carbocycles. The topological polar surface area (TPSA) is 55.7 Å². The number of aliphatic hydroxyl groups is 2. The minimum absolute atomic E-state index is 0.159. The molecule has 15 heavy (non-hydrogen) atoms. The lowest BCUT2D eigenvalue weighted by Crippen LogP contribution is -2.38. The van der Waals surface area contributed by atoms with Crippen molar-refractivity contribution in [2.45, 2.75) is 32.7 Å². The van der Waals surface area contributed by atoms with Crippen LogP contribution in [0.3, 0.4) is 0 Å². The number of hydrogen-bond acceptors (Lipinski definition) is 4. The molecule has 0 bridgehead atoms. The molecule has 0 amide bonds. The van der Waals surface area contributed by atoms with E-state index in [1.54, 1.807) is 0 Å². The van der Waals surface area contributed by atoms with Crippen molar-refractivity contribution < 1.29 is 10.2 Å². The molecule has 0 saturated carbocycles. The predicted molar refractivity (Wildman–Crippen MR) is 63.0 cm³/mol. The number of hydrogen-bond donors (Lipinski definition) is 3. The number of rotatable bonds is 8. The summed E-state index contributed by atoms with van der Waals surface area (Å²) in [5, 5.41) is 21.0. The van der Waals surface area contributed by atoms with Gasteiger partial charge in [0.2, 0.25) is 0 Å². The van der Waals surface area contributed by atoms with Gasteiger partial charge in [0.15, 0.2) is 0 Å². The average Bonchev–Trinajstić information content (AvgIpc) is 2.11. The second kappa shape index (κ2) is 8.05. The average molecular weight is 218 g/mol. The molecule has 0 saturated heterocycles. The minimum atomic E-state index is 0.159. The molecular formula is C11H26N2O2. The van der Waals surface area contributed by atoms with Gasteiger partial charge < -0.3 is 15.5 Å². The molecule has 0 spiro atoms. The van der Waals surface area contributed by atoms with E-state index in [0.29, 0.717) is 13.1 Å². The van der Waals surface area contributed by atoms with Crippen molar-refractivity contribution in [1.82, 2.24) is 10.2 Å². The van der Waals surface area contributed by atoms with Crippen LogP contribution in [-0.4, -0.2) is 60.0 Å². The monoisotopic (exact) mass is 218 g/mol. The molecule has 0 aromatic carbocycles. The molecule has 0 aromatic heterocycles. The van der Waals surface area contributed by atoms with Gasteiger partial charge in [-0.05, 0) is 40.3 Å². The third-order valence-electron chi connectivity index (χ3n) is 2.14. The van der Waals surface area contributed by atoms with Crippen LogP contribution in [0.4, 0.5) is 0 Å². The second-order valence-electron chi connectivity index (χ2n) is 4.82. The van der Waals surface area contributed by atoms with Gasteiger partial charge >= 0.3 is 0 Å². The SMILES string of the molecule is CC(C)(C)NCCCN(CCO)CCO. The highest BCUT2D eigenvalue weighted by Gasteiger charge is 2.08. The third-order valence-corrected chi connectivity index (χ3v) is 2.14. The van der Waals surface area contributed by atoms with Crippen LogP contribution in [0.15, 0.2) is 0 Å². The van der Waals surface area contributed by atoms with E-state index in [4.69, 9.17) is 10.2 Å². The quantitative estimate of drug-likeness (QED) is 0.504. The van der Waals surface area contributed by atoms with Crippen LogP contribution < -0.4 is 5.32 Å². The molecule has 92 valence electrons. The molecule has 0 fully saturated rings. The highest BCUT2D eigenvalue weighted by atomic mass is 16.3. The van der Waals surface area contributed by atoms with E-state index in [1.807, 2.05) is 0 Å². The zero-order valence-corrected chi connectivity index (χ0v) is 10.3. The van der Waals surface area contributed by atoms with Crippen molar-refractivity contribution in [3.05, 3.63) is 0 Å². The van der Waals surface area contributed by atoms with Gasteiger partial charge in [0.05, 0.1) is 13.2 Å². The van der Waals surface area contributed by atoms with Crippen molar-refractivity contribution in [3.8, 4) is 0 Å². The largest absolute Gasteiger partial charge is 0.395 e. The first-order valence-corrected chi connectivity index (χ1v) is 5.68. The number of nitrogens with zero attached hydrogens (tertiary/aromatic N) is 1. The fraction of sp³-hybridized carbons (Fsp3) is 1.00. The number of aliphatic hydroxyl groups excluding tert-OH is 2. The van der Waals surface area contributed by atoms with Gasteiger partial charge in [-0.15, -0.1) is 0 Å². The van der Waals surface area contributed by atoms with Gasteiger partial charge in [-0.3, -0.25) is 4.90 Å². The maximum atomic E-state index is 8.81. The maximum absolute atomic E-state index is 8.81. The Bertz CT molecular complexity index is 140. The van der Waals surface area contributed by atoms with Gasteiger partial charge in [0.1, 0.15) is 0 Å². The van der Waals surface area contributed by atoms with Crippen LogP contribution in [0.2, 0.25) is 0 Å². The Morgan fingerprint density at radius 3 is 1.93 bits per heavy atom. The van der Waals surface area contributed by atoms with E-state index < -0.39 is 0 Å². The van der Waals surface area contributed by atoms with Gasteiger partial charge in [-0.1, -0.05) is 0 Å². The summed E-state index contributed by atoms with van der Waals surface area (Å²) in [6.45, 7) is 9.94. The van der Waals surface area contributed by atoms with Crippen molar-refractivity contribution in [3.63, 3.8) is 0 Å². The summed E-state index contributed by atoms with van der Waals surface area (Å²) in [5.41, 5.74) is 0.165. The number of nitrogens with one attached hydrogen (secondary N) is 1. The molecule has 0 heterocycles. The summed E-state index contributed by atoms with van der Waals surface area (Å²) >= 11 is 0. The summed E-state index contributed by atoms with van der Waals surface area (Å²) in [6.07, 6.45) is 1.04. The summed E-state index contributed by atoms with van der Waals surface area (Å²) in [7, 11) is 0. The fourth-order valence-corrected chi connectivity index (χ4v) is 1.38. The molecule has 0 aliphatic heterocycles. The van der Waals surface area contributed by atoms with Crippen molar-refractivity contribution in [2.75, 3.05) is 39.4 Å². The minimum Gasteiger partial charge on any atom is -0.395 e. The lowest BCUT2D eigenvalue weighted by atomic mass is 10.1. The first kappa shape index (κ1) is 14.8.